The van der Waals surface area contributed by atoms with Gasteiger partial charge >= 0.3 is 0 Å². The van der Waals surface area contributed by atoms with Gasteiger partial charge in [0.1, 0.15) is 0 Å². The highest BCUT2D eigenvalue weighted by atomic mass is 16.2. The Morgan fingerprint density at radius 3 is 2.37 bits per heavy atom. The van der Waals surface area contributed by atoms with E-state index in [1.165, 1.54) is 43.2 Å². The van der Waals surface area contributed by atoms with E-state index in [0.29, 0.717) is 24.8 Å². The molecule has 1 aliphatic heterocycles. The Bertz CT molecular complexity index is 660. The molecule has 5 nitrogen and oxygen atoms in total. The third-order valence-electron chi connectivity index (χ3n) is 6.07. The van der Waals surface area contributed by atoms with Gasteiger partial charge in [-0.15, -0.1) is 0 Å². The normalized spacial score (nSPS) is 19.1. The summed E-state index contributed by atoms with van der Waals surface area (Å²) in [6.07, 6.45) is 7.03. The van der Waals surface area contributed by atoms with E-state index in [4.69, 9.17) is 0 Å². The van der Waals surface area contributed by atoms with Crippen LogP contribution in [-0.4, -0.2) is 54.3 Å². The molecule has 1 saturated carbocycles. The summed E-state index contributed by atoms with van der Waals surface area (Å²) in [7, 11) is 0. The lowest BCUT2D eigenvalue weighted by molar-refractivity contribution is -0.134. The highest BCUT2D eigenvalue weighted by Gasteiger charge is 2.25. The van der Waals surface area contributed by atoms with Crippen molar-refractivity contribution in [3.8, 4) is 0 Å². The van der Waals surface area contributed by atoms with Crippen LogP contribution < -0.4 is 5.32 Å². The number of carbonyl (C=O) groups excluding carboxylic acids is 2. The first-order valence-electron chi connectivity index (χ1n) is 10.4. The molecule has 0 bridgehead atoms. The molecule has 148 valence electrons. The van der Waals surface area contributed by atoms with Crippen LogP contribution in [0.5, 0.6) is 0 Å². The molecule has 3 rings (SSSR count). The molecular formula is C22H33N3O2. The zero-order valence-electron chi connectivity index (χ0n) is 16.8. The summed E-state index contributed by atoms with van der Waals surface area (Å²) < 4.78 is 0. The molecular weight excluding hydrogens is 338 g/mol. The standard InChI is InChI=1S/C22H33N3O2/c1-17-8-9-20(14-18(17)2)23-21(26)16-24-10-12-25(13-11-24)22(27)15-19-6-4-3-5-7-19/h8-9,14,19H,3-7,10-13,15-16H2,1-2H3,(H,23,26). The van der Waals surface area contributed by atoms with Crippen molar-refractivity contribution in [2.75, 3.05) is 38.0 Å². The van der Waals surface area contributed by atoms with Gasteiger partial charge in [-0.2, -0.15) is 0 Å². The Kier molecular flexibility index (Phi) is 6.89. The van der Waals surface area contributed by atoms with Crippen molar-refractivity contribution in [2.24, 2.45) is 5.92 Å². The van der Waals surface area contributed by atoms with Gasteiger partial charge in [0.15, 0.2) is 0 Å². The monoisotopic (exact) mass is 371 g/mol. The lowest BCUT2D eigenvalue weighted by Crippen LogP contribution is -2.50. The van der Waals surface area contributed by atoms with Gasteiger partial charge in [-0.25, -0.2) is 0 Å². The summed E-state index contributed by atoms with van der Waals surface area (Å²) in [4.78, 5) is 29.0. The van der Waals surface area contributed by atoms with Crippen LogP contribution in [0.15, 0.2) is 18.2 Å². The minimum absolute atomic E-state index is 0.0141. The topological polar surface area (TPSA) is 52.7 Å². The molecule has 1 aromatic rings. The largest absolute Gasteiger partial charge is 0.340 e. The lowest BCUT2D eigenvalue weighted by Gasteiger charge is -2.35. The van der Waals surface area contributed by atoms with Crippen LogP contribution >= 0.6 is 0 Å². The Morgan fingerprint density at radius 2 is 1.70 bits per heavy atom. The van der Waals surface area contributed by atoms with E-state index in [9.17, 15) is 9.59 Å². The highest BCUT2D eigenvalue weighted by Crippen LogP contribution is 2.27. The first-order chi connectivity index (χ1) is 13.0. The fourth-order valence-corrected chi connectivity index (χ4v) is 4.15. The van der Waals surface area contributed by atoms with Crippen molar-refractivity contribution in [3.05, 3.63) is 29.3 Å². The van der Waals surface area contributed by atoms with Crippen LogP contribution in [0.25, 0.3) is 0 Å². The van der Waals surface area contributed by atoms with Crippen molar-refractivity contribution in [1.29, 1.82) is 0 Å². The number of hydrogen-bond donors (Lipinski definition) is 1. The summed E-state index contributed by atoms with van der Waals surface area (Å²) in [5.41, 5.74) is 3.25. The third-order valence-corrected chi connectivity index (χ3v) is 6.07. The van der Waals surface area contributed by atoms with Crippen LogP contribution in [-0.2, 0) is 9.59 Å². The van der Waals surface area contributed by atoms with E-state index in [1.54, 1.807) is 0 Å². The van der Waals surface area contributed by atoms with E-state index in [1.807, 2.05) is 23.1 Å². The van der Waals surface area contributed by atoms with Crippen LogP contribution in [0.3, 0.4) is 0 Å². The van der Waals surface area contributed by atoms with Crippen LogP contribution in [0, 0.1) is 19.8 Å². The van der Waals surface area contributed by atoms with E-state index < -0.39 is 0 Å². The molecule has 1 saturated heterocycles. The molecule has 0 atom stereocenters. The second-order valence-corrected chi connectivity index (χ2v) is 8.21. The maximum Gasteiger partial charge on any atom is 0.238 e. The Morgan fingerprint density at radius 1 is 1.00 bits per heavy atom. The summed E-state index contributed by atoms with van der Waals surface area (Å²) >= 11 is 0. The molecule has 1 N–H and O–H groups in total. The number of aryl methyl sites for hydroxylation is 2. The average molecular weight is 372 g/mol. The average Bonchev–Trinajstić information content (AvgIpc) is 2.66. The minimum Gasteiger partial charge on any atom is -0.340 e. The zero-order valence-corrected chi connectivity index (χ0v) is 16.8. The molecule has 5 heteroatoms. The first-order valence-corrected chi connectivity index (χ1v) is 10.4. The number of benzene rings is 1. The molecule has 1 heterocycles. The molecule has 1 aromatic carbocycles. The van der Waals surface area contributed by atoms with Gasteiger partial charge in [0.2, 0.25) is 11.8 Å². The number of rotatable bonds is 5. The highest BCUT2D eigenvalue weighted by molar-refractivity contribution is 5.92. The van der Waals surface area contributed by atoms with Gasteiger partial charge in [0.25, 0.3) is 0 Å². The van der Waals surface area contributed by atoms with E-state index in [0.717, 1.165) is 31.9 Å². The van der Waals surface area contributed by atoms with E-state index in [2.05, 4.69) is 24.1 Å². The van der Waals surface area contributed by atoms with Gasteiger partial charge in [0, 0.05) is 38.3 Å². The molecule has 27 heavy (non-hydrogen) atoms. The molecule has 2 aliphatic rings. The number of piperazine rings is 1. The fraction of sp³-hybridized carbons (Fsp3) is 0.636. The Labute approximate surface area is 163 Å². The molecule has 0 radical (unpaired) electrons. The summed E-state index contributed by atoms with van der Waals surface area (Å²) in [5, 5.41) is 2.98. The van der Waals surface area contributed by atoms with Crippen molar-refractivity contribution in [1.82, 2.24) is 9.80 Å². The lowest BCUT2D eigenvalue weighted by atomic mass is 9.86. The second kappa shape index (κ2) is 9.36. The van der Waals surface area contributed by atoms with Crippen LogP contribution in [0.4, 0.5) is 5.69 Å². The van der Waals surface area contributed by atoms with Crippen molar-refractivity contribution in [3.63, 3.8) is 0 Å². The predicted octanol–water partition coefficient (Wildman–Crippen LogP) is 3.36. The minimum atomic E-state index is 0.0141. The molecule has 0 aromatic heterocycles. The van der Waals surface area contributed by atoms with Crippen LogP contribution in [0.1, 0.15) is 49.7 Å². The van der Waals surface area contributed by atoms with Crippen LogP contribution in [0.2, 0.25) is 0 Å². The maximum atomic E-state index is 12.5. The zero-order chi connectivity index (χ0) is 19.2. The molecule has 0 unspecified atom stereocenters. The van der Waals surface area contributed by atoms with Crippen molar-refractivity contribution in [2.45, 2.75) is 52.4 Å². The number of anilines is 1. The summed E-state index contributed by atoms with van der Waals surface area (Å²) in [6.45, 7) is 7.53. The molecule has 2 fully saturated rings. The smallest absolute Gasteiger partial charge is 0.238 e. The Balaban J connectivity index is 1.40. The molecule has 1 aliphatic carbocycles. The van der Waals surface area contributed by atoms with E-state index >= 15 is 0 Å². The number of carbonyl (C=O) groups is 2. The van der Waals surface area contributed by atoms with Crippen molar-refractivity contribution < 1.29 is 9.59 Å². The molecule has 0 spiro atoms. The van der Waals surface area contributed by atoms with E-state index in [-0.39, 0.29) is 5.91 Å². The quantitative estimate of drug-likeness (QED) is 0.863. The van der Waals surface area contributed by atoms with Gasteiger partial charge in [-0.05, 0) is 55.9 Å². The van der Waals surface area contributed by atoms with Gasteiger partial charge in [-0.1, -0.05) is 25.3 Å². The second-order valence-electron chi connectivity index (χ2n) is 8.21. The SMILES string of the molecule is Cc1ccc(NC(=O)CN2CCN(C(=O)CC3CCCCC3)CC2)cc1C. The number of hydrogen-bond acceptors (Lipinski definition) is 3. The van der Waals surface area contributed by atoms with Gasteiger partial charge in [0.05, 0.1) is 6.54 Å². The molecule has 2 amide bonds. The van der Waals surface area contributed by atoms with Gasteiger partial charge < -0.3 is 10.2 Å². The van der Waals surface area contributed by atoms with Crippen molar-refractivity contribution >= 4 is 17.5 Å². The maximum absolute atomic E-state index is 12.5. The summed E-state index contributed by atoms with van der Waals surface area (Å²) in [6, 6.07) is 5.98. The first kappa shape index (κ1) is 19.9. The fourth-order valence-electron chi connectivity index (χ4n) is 4.15. The summed E-state index contributed by atoms with van der Waals surface area (Å²) in [5.74, 6) is 0.911. The number of nitrogens with one attached hydrogen (secondary N) is 1. The van der Waals surface area contributed by atoms with Gasteiger partial charge in [-0.3, -0.25) is 14.5 Å². The predicted molar refractivity (Wildman–Crippen MR) is 109 cm³/mol. The Hall–Kier alpha value is -1.88. The third kappa shape index (κ3) is 5.80. The number of amides is 2. The number of nitrogens with zero attached hydrogens (tertiary/aromatic N) is 2.